The Kier molecular flexibility index (Phi) is 3.25. The number of hydrogen-bond acceptors (Lipinski definition) is 3. The molecule has 0 aromatic carbocycles. The molecule has 0 aliphatic heterocycles. The zero-order chi connectivity index (χ0) is 12.1. The maximum Gasteiger partial charge on any atom is 0.264 e. The first kappa shape index (κ1) is 11.0. The van der Waals surface area contributed by atoms with Crippen LogP contribution in [0.2, 0.25) is 0 Å². The van der Waals surface area contributed by atoms with Crippen LogP contribution in [0.3, 0.4) is 0 Å². The number of aromatic nitrogens is 2. The molecule has 4 heteroatoms. The molecular formula is C13H10N2O2. The van der Waals surface area contributed by atoms with Crippen molar-refractivity contribution in [2.24, 2.45) is 0 Å². The van der Waals surface area contributed by atoms with Gasteiger partial charge in [-0.3, -0.25) is 9.78 Å². The van der Waals surface area contributed by atoms with E-state index in [0.717, 1.165) is 5.56 Å². The summed E-state index contributed by atoms with van der Waals surface area (Å²) in [4.78, 5) is 15.6. The third-order valence-electron chi connectivity index (χ3n) is 2.21. The van der Waals surface area contributed by atoms with Crippen LogP contribution < -0.4 is 4.73 Å². The minimum Gasteiger partial charge on any atom is -0.618 e. The Morgan fingerprint density at radius 2 is 2.00 bits per heavy atom. The van der Waals surface area contributed by atoms with Gasteiger partial charge in [0.15, 0.2) is 6.20 Å². The molecule has 2 rings (SSSR count). The number of pyridine rings is 2. The van der Waals surface area contributed by atoms with Crippen LogP contribution in [0, 0.1) is 5.21 Å². The number of allylic oxidation sites excluding steroid dienone is 1. The van der Waals surface area contributed by atoms with Gasteiger partial charge in [-0.15, -0.1) is 0 Å². The van der Waals surface area contributed by atoms with E-state index in [1.165, 1.54) is 18.3 Å². The molecule has 2 heterocycles. The van der Waals surface area contributed by atoms with Gasteiger partial charge < -0.3 is 5.21 Å². The number of rotatable bonds is 3. The average molecular weight is 226 g/mol. The summed E-state index contributed by atoms with van der Waals surface area (Å²) in [5, 5.41) is 11.3. The molecule has 4 nitrogen and oxygen atoms in total. The first-order chi connectivity index (χ1) is 8.27. The smallest absolute Gasteiger partial charge is 0.264 e. The van der Waals surface area contributed by atoms with E-state index in [0.29, 0.717) is 4.73 Å². The molecule has 0 saturated heterocycles. The second-order valence-corrected chi connectivity index (χ2v) is 3.39. The van der Waals surface area contributed by atoms with Crippen molar-refractivity contribution in [1.29, 1.82) is 0 Å². The number of ketones is 1. The minimum absolute atomic E-state index is 0.109. The normalized spacial score (nSPS) is 10.6. The Balaban J connectivity index is 2.18. The fraction of sp³-hybridized carbons (Fsp3) is 0. The predicted octanol–water partition coefficient (Wildman–Crippen LogP) is 1.61. The topological polar surface area (TPSA) is 56.9 Å². The van der Waals surface area contributed by atoms with E-state index in [1.54, 1.807) is 42.7 Å². The predicted molar refractivity (Wildman–Crippen MR) is 63.0 cm³/mol. The van der Waals surface area contributed by atoms with Crippen molar-refractivity contribution in [1.82, 2.24) is 4.98 Å². The third kappa shape index (κ3) is 2.75. The fourth-order valence-corrected chi connectivity index (χ4v) is 1.35. The van der Waals surface area contributed by atoms with Gasteiger partial charge in [0.05, 0.1) is 0 Å². The molecule has 84 valence electrons. The molecule has 0 fully saturated rings. The van der Waals surface area contributed by atoms with Crippen LogP contribution in [-0.4, -0.2) is 10.8 Å². The molecule has 0 saturated carbocycles. The van der Waals surface area contributed by atoms with Gasteiger partial charge in [0.1, 0.15) is 0 Å². The quantitative estimate of drug-likeness (QED) is 0.346. The van der Waals surface area contributed by atoms with Gasteiger partial charge in [0.2, 0.25) is 0 Å². The number of nitrogens with zero attached hydrogens (tertiary/aromatic N) is 2. The third-order valence-corrected chi connectivity index (χ3v) is 2.21. The Morgan fingerprint density at radius 3 is 2.71 bits per heavy atom. The minimum atomic E-state index is -0.322. The summed E-state index contributed by atoms with van der Waals surface area (Å²) in [7, 11) is 0. The molecule has 0 unspecified atom stereocenters. The fourth-order valence-electron chi connectivity index (χ4n) is 1.35. The van der Waals surface area contributed by atoms with Gasteiger partial charge >= 0.3 is 0 Å². The van der Waals surface area contributed by atoms with Gasteiger partial charge in [0.25, 0.3) is 11.5 Å². The van der Waals surface area contributed by atoms with E-state index in [9.17, 15) is 10.0 Å². The van der Waals surface area contributed by atoms with Crippen molar-refractivity contribution >= 4 is 11.9 Å². The van der Waals surface area contributed by atoms with E-state index in [-0.39, 0.29) is 11.5 Å². The van der Waals surface area contributed by atoms with Crippen molar-refractivity contribution in [3.8, 4) is 0 Å². The lowest BCUT2D eigenvalue weighted by Gasteiger charge is -1.99. The van der Waals surface area contributed by atoms with Crippen LogP contribution in [-0.2, 0) is 0 Å². The molecule has 0 atom stereocenters. The van der Waals surface area contributed by atoms with E-state index in [4.69, 9.17) is 0 Å². The Labute approximate surface area is 98.5 Å². The van der Waals surface area contributed by atoms with Crippen LogP contribution in [0.15, 0.2) is 55.0 Å². The van der Waals surface area contributed by atoms with Crippen LogP contribution in [0.5, 0.6) is 0 Å². The summed E-state index contributed by atoms with van der Waals surface area (Å²) in [6, 6.07) is 8.28. The van der Waals surface area contributed by atoms with Crippen molar-refractivity contribution in [2.45, 2.75) is 0 Å². The maximum atomic E-state index is 11.7. The van der Waals surface area contributed by atoms with E-state index in [1.807, 2.05) is 0 Å². The van der Waals surface area contributed by atoms with Crippen LogP contribution in [0.1, 0.15) is 16.1 Å². The molecule has 0 bridgehead atoms. The van der Waals surface area contributed by atoms with E-state index in [2.05, 4.69) is 4.98 Å². The summed E-state index contributed by atoms with van der Waals surface area (Å²) in [5.41, 5.74) is 0.972. The summed E-state index contributed by atoms with van der Waals surface area (Å²) in [6.45, 7) is 0. The Morgan fingerprint density at radius 1 is 1.24 bits per heavy atom. The average Bonchev–Trinajstić information content (AvgIpc) is 2.38. The molecular weight excluding hydrogens is 216 g/mol. The molecule has 2 aromatic heterocycles. The SMILES string of the molecule is O=C(/C=C/c1ccncc1)c1cccc[n+]1[O-]. The lowest BCUT2D eigenvalue weighted by Crippen LogP contribution is -2.33. The van der Waals surface area contributed by atoms with Gasteiger partial charge in [-0.25, -0.2) is 0 Å². The first-order valence-corrected chi connectivity index (χ1v) is 5.08. The second-order valence-electron chi connectivity index (χ2n) is 3.39. The number of carbonyl (C=O) groups is 1. The van der Waals surface area contributed by atoms with Crippen LogP contribution >= 0.6 is 0 Å². The molecule has 0 aliphatic carbocycles. The van der Waals surface area contributed by atoms with Gasteiger partial charge in [-0.1, -0.05) is 6.08 Å². The summed E-state index contributed by atoms with van der Waals surface area (Å²) in [6.07, 6.45) is 7.60. The van der Waals surface area contributed by atoms with E-state index >= 15 is 0 Å². The highest BCUT2D eigenvalue weighted by Crippen LogP contribution is 2.01. The van der Waals surface area contributed by atoms with Gasteiger partial charge in [0, 0.05) is 24.5 Å². The molecule has 2 aromatic rings. The highest BCUT2D eigenvalue weighted by Gasteiger charge is 2.10. The maximum absolute atomic E-state index is 11.7. The van der Waals surface area contributed by atoms with E-state index < -0.39 is 0 Å². The second kappa shape index (κ2) is 5.03. The number of hydrogen-bond donors (Lipinski definition) is 0. The highest BCUT2D eigenvalue weighted by atomic mass is 16.5. The first-order valence-electron chi connectivity index (χ1n) is 5.08. The van der Waals surface area contributed by atoms with Crippen LogP contribution in [0.25, 0.3) is 6.08 Å². The Bertz CT molecular complexity index is 550. The summed E-state index contributed by atoms with van der Waals surface area (Å²) < 4.78 is 0.555. The molecule has 0 aliphatic rings. The molecule has 0 N–H and O–H groups in total. The molecule has 0 radical (unpaired) electrons. The lowest BCUT2D eigenvalue weighted by molar-refractivity contribution is -0.607. The van der Waals surface area contributed by atoms with Crippen molar-refractivity contribution in [3.05, 3.63) is 71.5 Å². The zero-order valence-corrected chi connectivity index (χ0v) is 8.98. The van der Waals surface area contributed by atoms with Gasteiger partial charge in [-0.2, -0.15) is 4.73 Å². The van der Waals surface area contributed by atoms with Crippen LogP contribution in [0.4, 0.5) is 0 Å². The summed E-state index contributed by atoms with van der Waals surface area (Å²) >= 11 is 0. The molecule has 0 amide bonds. The summed E-state index contributed by atoms with van der Waals surface area (Å²) in [5.74, 6) is -0.322. The van der Waals surface area contributed by atoms with Gasteiger partial charge in [-0.05, 0) is 29.8 Å². The molecule has 17 heavy (non-hydrogen) atoms. The van der Waals surface area contributed by atoms with Crippen molar-refractivity contribution < 1.29 is 9.52 Å². The number of carbonyl (C=O) groups excluding carboxylic acids is 1. The Hall–Kier alpha value is -2.49. The monoisotopic (exact) mass is 226 g/mol. The lowest BCUT2D eigenvalue weighted by atomic mass is 10.2. The standard InChI is InChI=1S/C13H10N2O2/c16-13(12-3-1-2-10-15(12)17)5-4-11-6-8-14-9-7-11/h1-10H/b5-4+. The van der Waals surface area contributed by atoms with Crippen molar-refractivity contribution in [3.63, 3.8) is 0 Å². The molecule has 0 spiro atoms. The van der Waals surface area contributed by atoms with Crippen molar-refractivity contribution in [2.75, 3.05) is 0 Å². The highest BCUT2D eigenvalue weighted by molar-refractivity contribution is 6.04. The largest absolute Gasteiger partial charge is 0.618 e. The zero-order valence-electron chi connectivity index (χ0n) is 8.98.